The minimum Gasteiger partial charge on any atom is -0.459 e. The van der Waals surface area contributed by atoms with E-state index < -0.39 is 5.97 Å². The van der Waals surface area contributed by atoms with Crippen molar-refractivity contribution in [3.63, 3.8) is 0 Å². The van der Waals surface area contributed by atoms with E-state index in [9.17, 15) is 4.79 Å². The van der Waals surface area contributed by atoms with Crippen LogP contribution in [-0.4, -0.2) is 36.6 Å². The molecule has 0 radical (unpaired) electrons. The first-order chi connectivity index (χ1) is 7.15. The molecule has 1 heterocycles. The van der Waals surface area contributed by atoms with E-state index in [2.05, 4.69) is 35.3 Å². The van der Waals surface area contributed by atoms with E-state index in [4.69, 9.17) is 0 Å². The van der Waals surface area contributed by atoms with Crippen molar-refractivity contribution in [2.24, 2.45) is 0 Å². The molecule has 1 atom stereocenters. The largest absolute Gasteiger partial charge is 0.459 e. The standard InChI is InChI=1S/C12H19NO2/c1-10(2)13-9-5-7-11(13)6-4-8-12(14)15-3/h10-11H,5-7,9H2,1-3H3. The minimum atomic E-state index is -0.441. The van der Waals surface area contributed by atoms with Gasteiger partial charge in [-0.2, -0.15) is 0 Å². The molecular weight excluding hydrogens is 190 g/mol. The summed E-state index contributed by atoms with van der Waals surface area (Å²) in [5, 5.41) is 0. The van der Waals surface area contributed by atoms with Gasteiger partial charge in [-0.05, 0) is 33.2 Å². The zero-order chi connectivity index (χ0) is 11.3. The average molecular weight is 209 g/mol. The van der Waals surface area contributed by atoms with Gasteiger partial charge < -0.3 is 4.74 Å². The first-order valence-electron chi connectivity index (χ1n) is 5.47. The number of likely N-dealkylation sites (tertiary alicyclic amines) is 1. The van der Waals surface area contributed by atoms with E-state index >= 15 is 0 Å². The number of nitrogens with zero attached hydrogens (tertiary/aromatic N) is 1. The third kappa shape index (κ3) is 3.56. The Bertz CT molecular complexity index is 275. The summed E-state index contributed by atoms with van der Waals surface area (Å²) in [5.41, 5.74) is 0. The number of carbonyl (C=O) groups is 1. The van der Waals surface area contributed by atoms with Crippen LogP contribution >= 0.6 is 0 Å². The van der Waals surface area contributed by atoms with Gasteiger partial charge in [0.05, 0.1) is 7.11 Å². The van der Waals surface area contributed by atoms with Crippen LogP contribution in [-0.2, 0) is 9.53 Å². The van der Waals surface area contributed by atoms with Crippen molar-refractivity contribution in [1.29, 1.82) is 0 Å². The lowest BCUT2D eigenvalue weighted by molar-refractivity contribution is -0.133. The number of ether oxygens (including phenoxy) is 1. The zero-order valence-electron chi connectivity index (χ0n) is 9.75. The molecule has 0 aromatic carbocycles. The smallest absolute Gasteiger partial charge is 0.384 e. The summed E-state index contributed by atoms with van der Waals surface area (Å²) in [6.45, 7) is 5.56. The van der Waals surface area contributed by atoms with Crippen molar-refractivity contribution < 1.29 is 9.53 Å². The number of hydrogen-bond donors (Lipinski definition) is 0. The lowest BCUT2D eigenvalue weighted by atomic mass is 10.1. The van der Waals surface area contributed by atoms with Crippen molar-refractivity contribution in [3.8, 4) is 11.8 Å². The maximum Gasteiger partial charge on any atom is 0.384 e. The van der Waals surface area contributed by atoms with Gasteiger partial charge in [-0.3, -0.25) is 4.90 Å². The van der Waals surface area contributed by atoms with Gasteiger partial charge in [0.15, 0.2) is 0 Å². The molecule has 1 aliphatic heterocycles. The predicted octanol–water partition coefficient (Wildman–Crippen LogP) is 1.43. The summed E-state index contributed by atoms with van der Waals surface area (Å²) in [6.07, 6.45) is 3.20. The highest BCUT2D eigenvalue weighted by molar-refractivity contribution is 5.88. The average Bonchev–Trinajstić information content (AvgIpc) is 2.65. The molecule has 0 aliphatic carbocycles. The lowest BCUT2D eigenvalue weighted by Crippen LogP contribution is -2.35. The van der Waals surface area contributed by atoms with Crippen LogP contribution in [0.5, 0.6) is 0 Å². The summed E-state index contributed by atoms with van der Waals surface area (Å²) in [4.78, 5) is 13.2. The fraction of sp³-hybridized carbons (Fsp3) is 0.750. The van der Waals surface area contributed by atoms with E-state index in [0.29, 0.717) is 12.1 Å². The highest BCUT2D eigenvalue weighted by atomic mass is 16.5. The van der Waals surface area contributed by atoms with Crippen LogP contribution in [0.15, 0.2) is 0 Å². The third-order valence-electron chi connectivity index (χ3n) is 2.80. The highest BCUT2D eigenvalue weighted by Crippen LogP contribution is 2.21. The highest BCUT2D eigenvalue weighted by Gasteiger charge is 2.25. The minimum absolute atomic E-state index is 0.441. The Kier molecular flexibility index (Phi) is 4.64. The molecule has 15 heavy (non-hydrogen) atoms. The van der Waals surface area contributed by atoms with Crippen LogP contribution < -0.4 is 0 Å². The third-order valence-corrected chi connectivity index (χ3v) is 2.80. The molecule has 0 amide bonds. The van der Waals surface area contributed by atoms with Crippen LogP contribution in [0.4, 0.5) is 0 Å². The second kappa shape index (κ2) is 5.77. The van der Waals surface area contributed by atoms with Crippen LogP contribution in [0.1, 0.15) is 33.1 Å². The first kappa shape index (κ1) is 12.1. The second-order valence-corrected chi connectivity index (χ2v) is 4.13. The van der Waals surface area contributed by atoms with Gasteiger partial charge in [0.25, 0.3) is 0 Å². The molecule has 1 fully saturated rings. The van der Waals surface area contributed by atoms with E-state index in [1.165, 1.54) is 20.0 Å². The fourth-order valence-corrected chi connectivity index (χ4v) is 2.05. The molecule has 1 unspecified atom stereocenters. The number of carbonyl (C=O) groups excluding carboxylic acids is 1. The van der Waals surface area contributed by atoms with E-state index in [1.54, 1.807) is 0 Å². The van der Waals surface area contributed by atoms with Crippen molar-refractivity contribution in [3.05, 3.63) is 0 Å². The maximum atomic E-state index is 10.8. The Morgan fingerprint density at radius 1 is 1.60 bits per heavy atom. The molecule has 84 valence electrons. The first-order valence-corrected chi connectivity index (χ1v) is 5.47. The second-order valence-electron chi connectivity index (χ2n) is 4.13. The Hall–Kier alpha value is -1.01. The summed E-state index contributed by atoms with van der Waals surface area (Å²) in [5.74, 6) is 4.94. The summed E-state index contributed by atoms with van der Waals surface area (Å²) in [6, 6.07) is 1.08. The molecule has 1 rings (SSSR count). The number of methoxy groups -OCH3 is 1. The molecule has 1 saturated heterocycles. The predicted molar refractivity (Wildman–Crippen MR) is 59.3 cm³/mol. The quantitative estimate of drug-likeness (QED) is 0.391. The van der Waals surface area contributed by atoms with Crippen LogP contribution in [0, 0.1) is 11.8 Å². The monoisotopic (exact) mass is 209 g/mol. The molecule has 1 aliphatic rings. The fourth-order valence-electron chi connectivity index (χ4n) is 2.05. The summed E-state index contributed by atoms with van der Waals surface area (Å²) >= 11 is 0. The summed E-state index contributed by atoms with van der Waals surface area (Å²) < 4.78 is 4.46. The normalized spacial score (nSPS) is 21.2. The number of hydrogen-bond acceptors (Lipinski definition) is 3. The van der Waals surface area contributed by atoms with E-state index in [-0.39, 0.29) is 0 Å². The lowest BCUT2D eigenvalue weighted by Gasteiger charge is -2.26. The van der Waals surface area contributed by atoms with Gasteiger partial charge in [-0.15, -0.1) is 0 Å². The van der Waals surface area contributed by atoms with Crippen LogP contribution in [0.25, 0.3) is 0 Å². The molecule has 0 bridgehead atoms. The van der Waals surface area contributed by atoms with Crippen LogP contribution in [0.3, 0.4) is 0 Å². The van der Waals surface area contributed by atoms with Gasteiger partial charge in [0.2, 0.25) is 0 Å². The van der Waals surface area contributed by atoms with Crippen molar-refractivity contribution in [2.75, 3.05) is 13.7 Å². The van der Waals surface area contributed by atoms with Gasteiger partial charge in [0.1, 0.15) is 0 Å². The Morgan fingerprint density at radius 3 is 2.93 bits per heavy atom. The van der Waals surface area contributed by atoms with Crippen molar-refractivity contribution in [2.45, 2.75) is 45.2 Å². The van der Waals surface area contributed by atoms with Crippen molar-refractivity contribution in [1.82, 2.24) is 4.90 Å². The van der Waals surface area contributed by atoms with Crippen molar-refractivity contribution >= 4 is 5.97 Å². The van der Waals surface area contributed by atoms with Gasteiger partial charge >= 0.3 is 5.97 Å². The number of rotatable bonds is 2. The van der Waals surface area contributed by atoms with E-state index in [1.807, 2.05) is 0 Å². The maximum absolute atomic E-state index is 10.8. The van der Waals surface area contributed by atoms with Gasteiger partial charge in [0, 0.05) is 24.4 Å². The Morgan fingerprint density at radius 2 is 2.33 bits per heavy atom. The molecular formula is C12H19NO2. The Labute approximate surface area is 91.8 Å². The topological polar surface area (TPSA) is 29.5 Å². The molecule has 3 heteroatoms. The SMILES string of the molecule is COC(=O)C#CCC1CCCN1C(C)C. The zero-order valence-corrected chi connectivity index (χ0v) is 9.75. The van der Waals surface area contributed by atoms with Crippen LogP contribution in [0.2, 0.25) is 0 Å². The molecule has 0 aromatic heterocycles. The molecule has 0 aromatic rings. The molecule has 0 N–H and O–H groups in total. The summed E-state index contributed by atoms with van der Waals surface area (Å²) in [7, 11) is 1.35. The molecule has 0 spiro atoms. The number of esters is 1. The Balaban J connectivity index is 2.43. The molecule has 3 nitrogen and oxygen atoms in total. The van der Waals surface area contributed by atoms with Gasteiger partial charge in [-0.1, -0.05) is 5.92 Å². The van der Waals surface area contributed by atoms with E-state index in [0.717, 1.165) is 13.0 Å². The molecule has 0 saturated carbocycles. The van der Waals surface area contributed by atoms with Gasteiger partial charge in [-0.25, -0.2) is 4.79 Å².